The number of aliphatic hydroxyl groups is 1. The van der Waals surface area contributed by atoms with E-state index in [2.05, 4.69) is 4.72 Å². The van der Waals surface area contributed by atoms with E-state index in [1.165, 1.54) is 26.0 Å². The lowest BCUT2D eigenvalue weighted by atomic mass is 9.87. The van der Waals surface area contributed by atoms with Crippen LogP contribution in [0.1, 0.15) is 33.3 Å². The van der Waals surface area contributed by atoms with Gasteiger partial charge in [-0.1, -0.05) is 6.07 Å². The minimum atomic E-state index is -3.89. The van der Waals surface area contributed by atoms with Crippen LogP contribution in [0.4, 0.5) is 4.39 Å². The first-order valence-electron chi connectivity index (χ1n) is 5.89. The van der Waals surface area contributed by atoms with Crippen LogP contribution < -0.4 is 4.72 Å². The van der Waals surface area contributed by atoms with Gasteiger partial charge in [0.1, 0.15) is 5.82 Å². The van der Waals surface area contributed by atoms with Crippen molar-refractivity contribution >= 4 is 10.0 Å². The Morgan fingerprint density at radius 3 is 2.16 bits per heavy atom. The molecule has 0 saturated carbocycles. The van der Waals surface area contributed by atoms with Gasteiger partial charge in [-0.3, -0.25) is 0 Å². The molecule has 0 aliphatic heterocycles. The number of benzene rings is 1. The second kappa shape index (κ2) is 4.85. The van der Waals surface area contributed by atoms with Gasteiger partial charge in [0, 0.05) is 0 Å². The molecule has 6 heteroatoms. The van der Waals surface area contributed by atoms with Gasteiger partial charge >= 0.3 is 0 Å². The lowest BCUT2D eigenvalue weighted by Crippen LogP contribution is -2.57. The molecule has 0 spiro atoms. The van der Waals surface area contributed by atoms with Crippen LogP contribution >= 0.6 is 0 Å². The third-order valence-electron chi connectivity index (χ3n) is 3.37. The van der Waals surface area contributed by atoms with E-state index >= 15 is 0 Å². The average Bonchev–Trinajstić information content (AvgIpc) is 2.18. The van der Waals surface area contributed by atoms with Crippen molar-refractivity contribution < 1.29 is 17.9 Å². The Bertz CT molecular complexity index is 574. The van der Waals surface area contributed by atoms with Gasteiger partial charge in [0.2, 0.25) is 10.0 Å². The number of rotatable bonds is 4. The molecule has 0 atom stereocenters. The number of aryl methyl sites for hydroxylation is 1. The van der Waals surface area contributed by atoms with E-state index in [-0.39, 0.29) is 4.90 Å². The van der Waals surface area contributed by atoms with Crippen LogP contribution in [0.2, 0.25) is 0 Å². The van der Waals surface area contributed by atoms with Gasteiger partial charge in [0.25, 0.3) is 0 Å². The second-order valence-corrected chi connectivity index (χ2v) is 7.38. The zero-order valence-corrected chi connectivity index (χ0v) is 12.6. The molecule has 2 N–H and O–H groups in total. The summed E-state index contributed by atoms with van der Waals surface area (Å²) < 4.78 is 40.2. The quantitative estimate of drug-likeness (QED) is 0.890. The summed E-state index contributed by atoms with van der Waals surface area (Å²) in [5, 5.41) is 9.95. The van der Waals surface area contributed by atoms with Crippen LogP contribution in [-0.2, 0) is 10.0 Å². The molecule has 0 heterocycles. The molecule has 19 heavy (non-hydrogen) atoms. The lowest BCUT2D eigenvalue weighted by molar-refractivity contribution is 0.00638. The van der Waals surface area contributed by atoms with Gasteiger partial charge in [-0.25, -0.2) is 17.5 Å². The van der Waals surface area contributed by atoms with E-state index in [0.29, 0.717) is 5.56 Å². The molecule has 1 rings (SSSR count). The van der Waals surface area contributed by atoms with Crippen LogP contribution in [-0.4, -0.2) is 24.7 Å². The molecule has 108 valence electrons. The smallest absolute Gasteiger partial charge is 0.241 e. The summed E-state index contributed by atoms with van der Waals surface area (Å²) in [7, 11) is -3.89. The monoisotopic (exact) mass is 289 g/mol. The first-order chi connectivity index (χ1) is 8.37. The van der Waals surface area contributed by atoms with Gasteiger partial charge in [0.05, 0.1) is 16.0 Å². The highest BCUT2D eigenvalue weighted by atomic mass is 32.2. The predicted octanol–water partition coefficient (Wildman–Crippen LogP) is 1.96. The zero-order chi connectivity index (χ0) is 15.1. The van der Waals surface area contributed by atoms with Gasteiger partial charge in [0.15, 0.2) is 0 Å². The van der Waals surface area contributed by atoms with Crippen LogP contribution in [0.25, 0.3) is 0 Å². The largest absolute Gasteiger partial charge is 0.389 e. The van der Waals surface area contributed by atoms with E-state index < -0.39 is 27.0 Å². The van der Waals surface area contributed by atoms with Gasteiger partial charge < -0.3 is 5.11 Å². The summed E-state index contributed by atoms with van der Waals surface area (Å²) in [5.41, 5.74) is -1.98. The number of nitrogens with one attached hydrogen (secondary N) is 1. The van der Waals surface area contributed by atoms with E-state index in [0.717, 1.165) is 6.07 Å². The summed E-state index contributed by atoms with van der Waals surface area (Å²) in [4.78, 5) is -0.159. The maximum absolute atomic E-state index is 13.4. The second-order valence-electron chi connectivity index (χ2n) is 5.70. The molecule has 1 aromatic carbocycles. The molecule has 0 amide bonds. The molecule has 0 unspecified atom stereocenters. The van der Waals surface area contributed by atoms with Crippen LogP contribution in [0.3, 0.4) is 0 Å². The summed E-state index contributed by atoms with van der Waals surface area (Å²) >= 11 is 0. The Morgan fingerprint density at radius 1 is 1.21 bits per heavy atom. The first-order valence-corrected chi connectivity index (χ1v) is 7.38. The Morgan fingerprint density at radius 2 is 1.74 bits per heavy atom. The van der Waals surface area contributed by atoms with Crippen LogP contribution in [0, 0.1) is 12.7 Å². The fourth-order valence-electron chi connectivity index (χ4n) is 1.26. The lowest BCUT2D eigenvalue weighted by Gasteiger charge is -2.37. The van der Waals surface area contributed by atoms with Gasteiger partial charge in [-0.15, -0.1) is 0 Å². The normalized spacial score (nSPS) is 13.6. The minimum Gasteiger partial charge on any atom is -0.389 e. The highest BCUT2D eigenvalue weighted by molar-refractivity contribution is 7.89. The highest BCUT2D eigenvalue weighted by Crippen LogP contribution is 2.24. The van der Waals surface area contributed by atoms with Crippen molar-refractivity contribution in [1.29, 1.82) is 0 Å². The molecule has 0 saturated heterocycles. The Kier molecular flexibility index (Phi) is 4.10. The number of sulfonamides is 1. The summed E-state index contributed by atoms with van der Waals surface area (Å²) in [5.74, 6) is -0.580. The van der Waals surface area contributed by atoms with E-state index in [1.807, 2.05) is 0 Å². The Hall–Kier alpha value is -0.980. The standard InChI is InChI=1S/C13H20FNO3S/c1-9-6-7-10(8-11(9)14)19(17,18)15-12(2,3)13(4,5)16/h6-8,15-16H,1-5H3. The highest BCUT2D eigenvalue weighted by Gasteiger charge is 2.38. The molecule has 0 aliphatic rings. The summed E-state index contributed by atoms with van der Waals surface area (Å²) in [6.45, 7) is 7.70. The third kappa shape index (κ3) is 3.52. The SMILES string of the molecule is Cc1ccc(S(=O)(=O)NC(C)(C)C(C)(C)O)cc1F. The molecule has 4 nitrogen and oxygen atoms in total. The van der Waals surface area contributed by atoms with Crippen molar-refractivity contribution in [3.05, 3.63) is 29.6 Å². The first kappa shape index (κ1) is 16.1. The third-order valence-corrected chi connectivity index (χ3v) is 5.03. The van der Waals surface area contributed by atoms with E-state index in [9.17, 15) is 17.9 Å². The number of hydrogen-bond donors (Lipinski definition) is 2. The molecule has 0 aromatic heterocycles. The maximum Gasteiger partial charge on any atom is 0.241 e. The molecule has 0 bridgehead atoms. The number of hydrogen-bond acceptors (Lipinski definition) is 3. The fourth-order valence-corrected chi connectivity index (χ4v) is 2.81. The van der Waals surface area contributed by atoms with Crippen LogP contribution in [0.5, 0.6) is 0 Å². The fraction of sp³-hybridized carbons (Fsp3) is 0.538. The molecule has 1 aromatic rings. The molecular weight excluding hydrogens is 269 g/mol. The molecule has 0 aliphatic carbocycles. The molecule has 0 radical (unpaired) electrons. The molecule has 0 fully saturated rings. The van der Waals surface area contributed by atoms with E-state index in [4.69, 9.17) is 0 Å². The Balaban J connectivity index is 3.16. The zero-order valence-electron chi connectivity index (χ0n) is 11.8. The topological polar surface area (TPSA) is 66.4 Å². The average molecular weight is 289 g/mol. The molecular formula is C13H20FNO3S. The summed E-state index contributed by atoms with van der Waals surface area (Å²) in [6.07, 6.45) is 0. The van der Waals surface area contributed by atoms with Crippen molar-refractivity contribution in [3.63, 3.8) is 0 Å². The summed E-state index contributed by atoms with van der Waals surface area (Å²) in [6, 6.07) is 3.71. The number of halogens is 1. The maximum atomic E-state index is 13.4. The predicted molar refractivity (Wildman–Crippen MR) is 71.8 cm³/mol. The van der Waals surface area contributed by atoms with Gasteiger partial charge in [-0.05, 0) is 52.3 Å². The minimum absolute atomic E-state index is 0.159. The Labute approximate surface area is 113 Å². The van der Waals surface area contributed by atoms with Gasteiger partial charge in [-0.2, -0.15) is 0 Å². The van der Waals surface area contributed by atoms with Crippen molar-refractivity contribution in [1.82, 2.24) is 4.72 Å². The van der Waals surface area contributed by atoms with Crippen molar-refractivity contribution in [3.8, 4) is 0 Å². The van der Waals surface area contributed by atoms with Crippen molar-refractivity contribution in [2.75, 3.05) is 0 Å². The van der Waals surface area contributed by atoms with E-state index in [1.54, 1.807) is 20.8 Å². The van der Waals surface area contributed by atoms with Crippen molar-refractivity contribution in [2.45, 2.75) is 50.7 Å². The van der Waals surface area contributed by atoms with Crippen LogP contribution in [0.15, 0.2) is 23.1 Å². The van der Waals surface area contributed by atoms with Crippen molar-refractivity contribution in [2.24, 2.45) is 0 Å².